The Morgan fingerprint density at radius 2 is 1.88 bits per heavy atom. The van der Waals surface area contributed by atoms with Crippen LogP contribution in [0.25, 0.3) is 17.1 Å². The quantitative estimate of drug-likeness (QED) is 0.341. The van der Waals surface area contributed by atoms with E-state index in [9.17, 15) is 8.78 Å². The molecule has 32 heavy (non-hydrogen) atoms. The third-order valence-electron chi connectivity index (χ3n) is 4.61. The van der Waals surface area contributed by atoms with E-state index in [0.29, 0.717) is 17.3 Å². The van der Waals surface area contributed by atoms with Gasteiger partial charge in [-0.3, -0.25) is 0 Å². The zero-order chi connectivity index (χ0) is 22.5. The minimum absolute atomic E-state index is 0.0732. The fraction of sp³-hybridized carbons (Fsp3) is 0.286. The Bertz CT molecular complexity index is 1180. The Balaban J connectivity index is 1.53. The second kappa shape index (κ2) is 9.86. The molecule has 4 rings (SSSR count). The van der Waals surface area contributed by atoms with E-state index in [4.69, 9.17) is 0 Å². The average Bonchev–Trinajstić information content (AvgIpc) is 3.40. The lowest BCUT2D eigenvalue weighted by Gasteiger charge is -2.10. The standard InChI is InChI=1S/C21H21F2N7OS/c1-3-11-29-19(15-6-4-5-14(2)12-15)25-26-21(29)32-13-18-24-27-28-30(18)16-7-9-17(10-8-16)31-20(22)23/h4-10,12,20H,3,11,13H2,1-2H3. The van der Waals surface area contributed by atoms with Crippen molar-refractivity contribution >= 4 is 11.8 Å². The van der Waals surface area contributed by atoms with Gasteiger partial charge in [-0.1, -0.05) is 42.4 Å². The summed E-state index contributed by atoms with van der Waals surface area (Å²) in [6.07, 6.45) is 0.940. The number of aryl methyl sites for hydroxylation is 1. The molecule has 0 unspecified atom stereocenters. The Hall–Kier alpha value is -3.34. The third-order valence-corrected chi connectivity index (χ3v) is 5.57. The first-order chi connectivity index (χ1) is 15.5. The van der Waals surface area contributed by atoms with Crippen LogP contribution in [0.2, 0.25) is 0 Å². The Morgan fingerprint density at radius 1 is 1.06 bits per heavy atom. The number of alkyl halides is 2. The molecule has 4 aromatic rings. The van der Waals surface area contributed by atoms with Crippen molar-refractivity contribution < 1.29 is 13.5 Å². The Kier molecular flexibility index (Phi) is 6.74. The number of benzene rings is 2. The summed E-state index contributed by atoms with van der Waals surface area (Å²) in [5, 5.41) is 21.5. The molecule has 2 heterocycles. The highest BCUT2D eigenvalue weighted by molar-refractivity contribution is 7.98. The second-order valence-corrected chi connectivity index (χ2v) is 7.94. The summed E-state index contributed by atoms with van der Waals surface area (Å²) in [5.41, 5.74) is 2.82. The maximum Gasteiger partial charge on any atom is 0.387 e. The van der Waals surface area contributed by atoms with Crippen LogP contribution in [0, 0.1) is 6.92 Å². The summed E-state index contributed by atoms with van der Waals surface area (Å²) in [6, 6.07) is 14.3. The maximum atomic E-state index is 12.4. The molecule has 0 N–H and O–H groups in total. The number of halogens is 2. The molecule has 2 aromatic carbocycles. The van der Waals surface area contributed by atoms with Gasteiger partial charge in [0.15, 0.2) is 16.8 Å². The molecular weight excluding hydrogens is 436 g/mol. The van der Waals surface area contributed by atoms with Crippen molar-refractivity contribution in [2.24, 2.45) is 0 Å². The summed E-state index contributed by atoms with van der Waals surface area (Å²) in [6.45, 7) is 2.07. The van der Waals surface area contributed by atoms with E-state index < -0.39 is 6.61 Å². The molecule has 2 aromatic heterocycles. The molecule has 0 atom stereocenters. The minimum atomic E-state index is -2.87. The van der Waals surface area contributed by atoms with E-state index in [1.54, 1.807) is 16.8 Å². The number of rotatable bonds is 9. The van der Waals surface area contributed by atoms with Crippen molar-refractivity contribution in [2.45, 2.75) is 44.3 Å². The number of ether oxygens (including phenoxy) is 1. The van der Waals surface area contributed by atoms with Crippen LogP contribution in [-0.4, -0.2) is 41.6 Å². The van der Waals surface area contributed by atoms with Gasteiger partial charge in [0, 0.05) is 12.1 Å². The normalized spacial score (nSPS) is 11.3. The molecule has 0 aliphatic rings. The molecule has 0 amide bonds. The summed E-state index contributed by atoms with van der Waals surface area (Å²) >= 11 is 1.49. The van der Waals surface area contributed by atoms with Crippen LogP contribution in [0.5, 0.6) is 5.75 Å². The van der Waals surface area contributed by atoms with Crippen molar-refractivity contribution in [1.82, 2.24) is 35.0 Å². The first kappa shape index (κ1) is 21.9. The lowest BCUT2D eigenvalue weighted by molar-refractivity contribution is -0.0498. The first-order valence-electron chi connectivity index (χ1n) is 10.0. The van der Waals surface area contributed by atoms with Gasteiger partial charge in [-0.15, -0.1) is 15.3 Å². The molecule has 11 heteroatoms. The first-order valence-corrected chi connectivity index (χ1v) is 11.0. The van der Waals surface area contributed by atoms with Crippen LogP contribution in [0.4, 0.5) is 8.78 Å². The van der Waals surface area contributed by atoms with Crippen LogP contribution in [0.3, 0.4) is 0 Å². The fourth-order valence-electron chi connectivity index (χ4n) is 3.21. The highest BCUT2D eigenvalue weighted by atomic mass is 32.2. The van der Waals surface area contributed by atoms with E-state index in [-0.39, 0.29) is 5.75 Å². The van der Waals surface area contributed by atoms with Crippen LogP contribution in [0.1, 0.15) is 24.7 Å². The monoisotopic (exact) mass is 457 g/mol. The lowest BCUT2D eigenvalue weighted by atomic mass is 10.1. The molecule has 0 saturated carbocycles. The summed E-state index contributed by atoms with van der Waals surface area (Å²) < 4.78 is 32.8. The molecule has 0 aliphatic heterocycles. The second-order valence-electron chi connectivity index (χ2n) is 7.00. The maximum absolute atomic E-state index is 12.4. The predicted molar refractivity (Wildman–Crippen MR) is 116 cm³/mol. The molecule has 8 nitrogen and oxygen atoms in total. The molecule has 0 aliphatic carbocycles. The van der Waals surface area contributed by atoms with Gasteiger partial charge in [-0.2, -0.15) is 13.5 Å². The van der Waals surface area contributed by atoms with E-state index in [0.717, 1.165) is 35.1 Å². The Labute approximate surface area is 187 Å². The topological polar surface area (TPSA) is 83.5 Å². The molecule has 0 spiro atoms. The van der Waals surface area contributed by atoms with Crippen molar-refractivity contribution in [1.29, 1.82) is 0 Å². The smallest absolute Gasteiger partial charge is 0.387 e. The average molecular weight is 458 g/mol. The van der Waals surface area contributed by atoms with Gasteiger partial charge in [-0.05, 0) is 54.1 Å². The summed E-state index contributed by atoms with van der Waals surface area (Å²) in [5.74, 6) is 1.95. The van der Waals surface area contributed by atoms with E-state index >= 15 is 0 Å². The van der Waals surface area contributed by atoms with Gasteiger partial charge in [0.1, 0.15) is 5.75 Å². The van der Waals surface area contributed by atoms with Gasteiger partial charge in [0.05, 0.1) is 11.4 Å². The summed E-state index contributed by atoms with van der Waals surface area (Å²) in [4.78, 5) is 0. The largest absolute Gasteiger partial charge is 0.435 e. The van der Waals surface area contributed by atoms with Crippen LogP contribution in [-0.2, 0) is 12.3 Å². The van der Waals surface area contributed by atoms with Crippen LogP contribution in [0.15, 0.2) is 53.7 Å². The SMILES string of the molecule is CCCn1c(SCc2nnnn2-c2ccc(OC(F)F)cc2)nnc1-c1cccc(C)c1. The van der Waals surface area contributed by atoms with Crippen molar-refractivity contribution in [3.05, 3.63) is 59.9 Å². The van der Waals surface area contributed by atoms with E-state index in [1.807, 2.05) is 25.1 Å². The molecule has 0 bridgehead atoms. The van der Waals surface area contributed by atoms with Crippen LogP contribution >= 0.6 is 11.8 Å². The Morgan fingerprint density at radius 3 is 2.59 bits per heavy atom. The third kappa shape index (κ3) is 4.93. The fourth-order valence-corrected chi connectivity index (χ4v) is 4.08. The van der Waals surface area contributed by atoms with Gasteiger partial charge in [-0.25, -0.2) is 0 Å². The highest BCUT2D eigenvalue weighted by Crippen LogP contribution is 2.27. The van der Waals surface area contributed by atoms with Gasteiger partial charge in [0.25, 0.3) is 0 Å². The lowest BCUT2D eigenvalue weighted by Crippen LogP contribution is -2.05. The number of aromatic nitrogens is 7. The predicted octanol–water partition coefficient (Wildman–Crippen LogP) is 4.53. The van der Waals surface area contributed by atoms with Gasteiger partial charge < -0.3 is 9.30 Å². The molecule has 0 fully saturated rings. The number of hydrogen-bond donors (Lipinski definition) is 0. The minimum Gasteiger partial charge on any atom is -0.435 e. The zero-order valence-electron chi connectivity index (χ0n) is 17.5. The zero-order valence-corrected chi connectivity index (χ0v) is 18.3. The number of thioether (sulfide) groups is 1. The number of nitrogens with zero attached hydrogens (tertiary/aromatic N) is 7. The van der Waals surface area contributed by atoms with Crippen molar-refractivity contribution in [3.8, 4) is 22.8 Å². The molecular formula is C21H21F2N7OS. The van der Waals surface area contributed by atoms with Gasteiger partial charge in [0.2, 0.25) is 0 Å². The van der Waals surface area contributed by atoms with E-state index in [1.165, 1.54) is 23.9 Å². The number of tetrazole rings is 1. The molecule has 0 radical (unpaired) electrons. The molecule has 0 saturated heterocycles. The van der Waals surface area contributed by atoms with Crippen molar-refractivity contribution in [2.75, 3.05) is 0 Å². The molecule has 166 valence electrons. The van der Waals surface area contributed by atoms with Crippen molar-refractivity contribution in [3.63, 3.8) is 0 Å². The van der Waals surface area contributed by atoms with E-state index in [2.05, 4.69) is 48.0 Å². The number of hydrogen-bond acceptors (Lipinski definition) is 7. The van der Waals surface area contributed by atoms with Gasteiger partial charge >= 0.3 is 6.61 Å². The summed E-state index contributed by atoms with van der Waals surface area (Å²) in [7, 11) is 0. The highest BCUT2D eigenvalue weighted by Gasteiger charge is 2.16. The van der Waals surface area contributed by atoms with Crippen LogP contribution < -0.4 is 4.74 Å².